The molecule has 9 atom stereocenters. The maximum Gasteiger partial charge on any atom is 0.304 e. The Kier molecular flexibility index (Phi) is 6.40. The molecule has 1 unspecified atom stereocenters. The van der Waals surface area contributed by atoms with Crippen LogP contribution in [0.2, 0.25) is 0 Å². The summed E-state index contributed by atoms with van der Waals surface area (Å²) in [7, 11) is 0. The number of rotatable bonds is 4. The molecule has 9 nitrogen and oxygen atoms in total. The molecule has 2 aliphatic heterocycles. The highest BCUT2D eigenvalue weighted by atomic mass is 16.7. The number of aliphatic hydroxyl groups is 2. The summed E-state index contributed by atoms with van der Waals surface area (Å²) in [5.41, 5.74) is -3.90. The summed E-state index contributed by atoms with van der Waals surface area (Å²) >= 11 is 0. The third-order valence-corrected chi connectivity index (χ3v) is 8.99. The lowest BCUT2D eigenvalue weighted by molar-refractivity contribution is -0.281. The van der Waals surface area contributed by atoms with Crippen LogP contribution in [0.5, 0.6) is 0 Å². The molecule has 2 N–H and O–H groups in total. The SMILES string of the molecule is CC(=O)OC[C@@]12[C@H](CCC[C@@]1(C)O)[C@@]1(C[C@@H]([C@H]3CCOC3)O[C@H]1OC(C)=O)C(C)C(=O)[C@@H]2O. The predicted molar refractivity (Wildman–Crippen MR) is 114 cm³/mol. The Morgan fingerprint density at radius 2 is 1.94 bits per heavy atom. The Labute approximate surface area is 194 Å². The first-order valence-corrected chi connectivity index (χ1v) is 12.0. The van der Waals surface area contributed by atoms with E-state index in [2.05, 4.69) is 0 Å². The molecule has 0 amide bonds. The summed E-state index contributed by atoms with van der Waals surface area (Å²) in [6.07, 6.45) is -0.0213. The van der Waals surface area contributed by atoms with Gasteiger partial charge in [0.25, 0.3) is 0 Å². The fourth-order valence-corrected chi connectivity index (χ4v) is 7.24. The highest BCUT2D eigenvalue weighted by Crippen LogP contribution is 2.67. The van der Waals surface area contributed by atoms with Crippen molar-refractivity contribution >= 4 is 17.7 Å². The maximum atomic E-state index is 13.6. The van der Waals surface area contributed by atoms with Crippen LogP contribution in [0.1, 0.15) is 59.8 Å². The van der Waals surface area contributed by atoms with Crippen molar-refractivity contribution in [1.29, 1.82) is 0 Å². The van der Waals surface area contributed by atoms with Crippen LogP contribution in [0, 0.1) is 28.6 Å². The molecule has 2 saturated carbocycles. The van der Waals surface area contributed by atoms with Crippen LogP contribution < -0.4 is 0 Å². The Morgan fingerprint density at radius 3 is 2.55 bits per heavy atom. The van der Waals surface area contributed by atoms with Gasteiger partial charge in [-0.25, -0.2) is 0 Å². The highest BCUT2D eigenvalue weighted by molar-refractivity contribution is 5.88. The molecule has 4 rings (SSSR count). The fraction of sp³-hybridized carbons (Fsp3) is 0.875. The van der Waals surface area contributed by atoms with E-state index in [1.54, 1.807) is 13.8 Å². The maximum absolute atomic E-state index is 13.6. The minimum absolute atomic E-state index is 0.101. The molecule has 9 heteroatoms. The van der Waals surface area contributed by atoms with Crippen LogP contribution in [-0.4, -0.2) is 71.9 Å². The number of carbonyl (C=O) groups excluding carboxylic acids is 3. The molecule has 0 aromatic heterocycles. The molecule has 0 bridgehead atoms. The van der Waals surface area contributed by atoms with E-state index in [4.69, 9.17) is 18.9 Å². The number of aliphatic hydroxyl groups excluding tert-OH is 1. The smallest absolute Gasteiger partial charge is 0.304 e. The number of ether oxygens (including phenoxy) is 4. The van der Waals surface area contributed by atoms with E-state index >= 15 is 0 Å². The van der Waals surface area contributed by atoms with Crippen molar-refractivity contribution in [1.82, 2.24) is 0 Å². The van der Waals surface area contributed by atoms with Gasteiger partial charge >= 0.3 is 11.9 Å². The zero-order valence-corrected chi connectivity index (χ0v) is 19.9. The zero-order chi connectivity index (χ0) is 24.2. The molecule has 4 fully saturated rings. The van der Waals surface area contributed by atoms with E-state index in [0.717, 1.165) is 6.42 Å². The number of Topliss-reactive ketones (excluding diaryl/α,β-unsaturated/α-hetero) is 1. The first-order valence-electron chi connectivity index (χ1n) is 12.0. The van der Waals surface area contributed by atoms with Crippen LogP contribution in [-0.2, 0) is 33.3 Å². The third kappa shape index (κ3) is 3.63. The van der Waals surface area contributed by atoms with Gasteiger partial charge in [-0.05, 0) is 38.5 Å². The average molecular weight is 469 g/mol. The quantitative estimate of drug-likeness (QED) is 0.588. The molecular weight excluding hydrogens is 432 g/mol. The van der Waals surface area contributed by atoms with Gasteiger partial charge in [0, 0.05) is 37.7 Å². The molecular formula is C24H36O9. The first-order chi connectivity index (χ1) is 15.5. The van der Waals surface area contributed by atoms with E-state index < -0.39 is 58.4 Å². The Bertz CT molecular complexity index is 804. The average Bonchev–Trinajstić information content (AvgIpc) is 3.38. The minimum Gasteiger partial charge on any atom is -0.465 e. The van der Waals surface area contributed by atoms with E-state index in [-0.39, 0.29) is 18.6 Å². The van der Waals surface area contributed by atoms with Crippen molar-refractivity contribution in [3.8, 4) is 0 Å². The van der Waals surface area contributed by atoms with Crippen molar-refractivity contribution in [2.45, 2.75) is 83.9 Å². The second-order valence-corrected chi connectivity index (χ2v) is 10.6. The molecule has 0 aromatic rings. The summed E-state index contributed by atoms with van der Waals surface area (Å²) in [5, 5.41) is 23.0. The predicted octanol–water partition coefficient (Wildman–Crippen LogP) is 1.37. The number of hydrogen-bond donors (Lipinski definition) is 2. The second-order valence-electron chi connectivity index (χ2n) is 10.6. The van der Waals surface area contributed by atoms with Gasteiger partial charge in [0.05, 0.1) is 23.7 Å². The second kappa shape index (κ2) is 8.59. The Balaban J connectivity index is 1.86. The standard InChI is InChI=1S/C24H36O9/c1-13-19(27)20(28)24(12-31-14(2)25)18(6-5-8-22(24,4)29)23(13)10-17(16-7-9-30-11-16)33-21(23)32-15(3)26/h13,16-18,20-21,28-29H,5-12H2,1-4H3/t13?,16-,17-,18+,20-,21+,22+,23+,24-/m0/s1. The third-order valence-electron chi connectivity index (χ3n) is 8.99. The number of ketones is 1. The summed E-state index contributed by atoms with van der Waals surface area (Å²) in [6, 6.07) is 0. The molecule has 1 spiro atoms. The molecule has 186 valence electrons. The van der Waals surface area contributed by atoms with Gasteiger partial charge in [-0.15, -0.1) is 0 Å². The van der Waals surface area contributed by atoms with Crippen LogP contribution in [0.15, 0.2) is 0 Å². The summed E-state index contributed by atoms with van der Waals surface area (Å²) in [5.74, 6) is -2.60. The lowest BCUT2D eigenvalue weighted by Crippen LogP contribution is -2.73. The van der Waals surface area contributed by atoms with E-state index in [9.17, 15) is 24.6 Å². The van der Waals surface area contributed by atoms with Crippen molar-refractivity contribution in [3.05, 3.63) is 0 Å². The molecule has 0 aromatic carbocycles. The van der Waals surface area contributed by atoms with Crippen molar-refractivity contribution in [2.75, 3.05) is 19.8 Å². The van der Waals surface area contributed by atoms with Gasteiger partial charge in [-0.3, -0.25) is 14.4 Å². The van der Waals surface area contributed by atoms with Gasteiger partial charge in [-0.1, -0.05) is 13.3 Å². The fourth-order valence-electron chi connectivity index (χ4n) is 7.24. The summed E-state index contributed by atoms with van der Waals surface area (Å²) in [6.45, 7) is 6.76. The van der Waals surface area contributed by atoms with Crippen molar-refractivity contribution in [3.63, 3.8) is 0 Å². The monoisotopic (exact) mass is 468 g/mol. The van der Waals surface area contributed by atoms with E-state index in [0.29, 0.717) is 38.9 Å². The van der Waals surface area contributed by atoms with Gasteiger partial charge in [0.1, 0.15) is 12.7 Å². The Hall–Kier alpha value is -1.55. The van der Waals surface area contributed by atoms with E-state index in [1.807, 2.05) is 0 Å². The van der Waals surface area contributed by atoms with Crippen LogP contribution in [0.3, 0.4) is 0 Å². The molecule has 2 heterocycles. The zero-order valence-electron chi connectivity index (χ0n) is 19.9. The summed E-state index contributed by atoms with van der Waals surface area (Å²) in [4.78, 5) is 37.5. The van der Waals surface area contributed by atoms with Crippen molar-refractivity contribution in [2.24, 2.45) is 28.6 Å². The van der Waals surface area contributed by atoms with Crippen molar-refractivity contribution < 1.29 is 43.5 Å². The largest absolute Gasteiger partial charge is 0.465 e. The lowest BCUT2D eigenvalue weighted by Gasteiger charge is -2.64. The van der Waals surface area contributed by atoms with Crippen LogP contribution in [0.25, 0.3) is 0 Å². The van der Waals surface area contributed by atoms with Gasteiger partial charge < -0.3 is 29.2 Å². The first kappa shape index (κ1) is 24.6. The van der Waals surface area contributed by atoms with E-state index in [1.165, 1.54) is 13.8 Å². The number of carbonyl (C=O) groups is 3. The number of esters is 2. The molecule has 33 heavy (non-hydrogen) atoms. The summed E-state index contributed by atoms with van der Waals surface area (Å²) < 4.78 is 23.0. The topological polar surface area (TPSA) is 129 Å². The number of hydrogen-bond acceptors (Lipinski definition) is 9. The van der Waals surface area contributed by atoms with Crippen LogP contribution in [0.4, 0.5) is 0 Å². The highest BCUT2D eigenvalue weighted by Gasteiger charge is 2.75. The Morgan fingerprint density at radius 1 is 1.21 bits per heavy atom. The lowest BCUT2D eigenvalue weighted by atomic mass is 9.41. The molecule has 2 saturated heterocycles. The van der Waals surface area contributed by atoms with Gasteiger partial charge in [0.15, 0.2) is 5.78 Å². The number of fused-ring (bicyclic) bond motifs is 2. The normalized spacial score (nSPS) is 47.4. The van der Waals surface area contributed by atoms with Gasteiger partial charge in [-0.2, -0.15) is 0 Å². The molecule has 0 radical (unpaired) electrons. The van der Waals surface area contributed by atoms with Crippen LogP contribution >= 0.6 is 0 Å². The van der Waals surface area contributed by atoms with Gasteiger partial charge in [0.2, 0.25) is 6.29 Å². The minimum atomic E-state index is -1.52. The molecule has 4 aliphatic rings. The molecule has 2 aliphatic carbocycles.